The fraction of sp³-hybridized carbons (Fsp3) is 0.818. The molecule has 2 nitrogen and oxygen atoms in total. The Hall–Kier alpha value is -0.310. The van der Waals surface area contributed by atoms with E-state index in [-0.39, 0.29) is 22.9 Å². The molecule has 1 rings (SSSR count). The normalized spacial score (nSPS) is 32.0. The van der Waals surface area contributed by atoms with Crippen LogP contribution >= 0.6 is 12.6 Å². The number of hydrogen-bond acceptors (Lipinski definition) is 3. The predicted octanol–water partition coefficient (Wildman–Crippen LogP) is 2.13. The van der Waals surface area contributed by atoms with Crippen molar-refractivity contribution in [2.45, 2.75) is 33.6 Å². The molecule has 80 valence electrons. The van der Waals surface area contributed by atoms with Gasteiger partial charge in [-0.3, -0.25) is 9.59 Å². The van der Waals surface area contributed by atoms with E-state index in [1.54, 1.807) is 0 Å². The van der Waals surface area contributed by atoms with E-state index in [1.807, 2.05) is 20.8 Å². The molecule has 2 atom stereocenters. The number of carbonyl (C=O) groups excluding carboxylic acids is 2. The number of thiol groups is 1. The van der Waals surface area contributed by atoms with Gasteiger partial charge in [0.05, 0.1) is 5.92 Å². The maximum Gasteiger partial charge on any atom is 0.148 e. The second-order valence-electron chi connectivity index (χ2n) is 4.82. The second-order valence-corrected chi connectivity index (χ2v) is 5.27. The van der Waals surface area contributed by atoms with Crippen LogP contribution in [0.25, 0.3) is 0 Å². The van der Waals surface area contributed by atoms with E-state index < -0.39 is 5.92 Å². The van der Waals surface area contributed by atoms with Crippen molar-refractivity contribution in [3.05, 3.63) is 0 Å². The van der Waals surface area contributed by atoms with E-state index in [2.05, 4.69) is 12.6 Å². The SMILES string of the molecule is CC1CC(C)(C)C(=O)C(CCS)C1=O. The highest BCUT2D eigenvalue weighted by molar-refractivity contribution is 7.80. The lowest BCUT2D eigenvalue weighted by Gasteiger charge is -2.36. The third-order valence-corrected chi connectivity index (χ3v) is 3.31. The van der Waals surface area contributed by atoms with E-state index in [9.17, 15) is 9.59 Å². The molecule has 0 amide bonds. The zero-order valence-corrected chi connectivity index (χ0v) is 9.93. The van der Waals surface area contributed by atoms with Gasteiger partial charge in [-0.1, -0.05) is 20.8 Å². The summed E-state index contributed by atoms with van der Waals surface area (Å²) < 4.78 is 0. The summed E-state index contributed by atoms with van der Waals surface area (Å²) in [5.74, 6) is 0.446. The largest absolute Gasteiger partial charge is 0.299 e. The third-order valence-electron chi connectivity index (χ3n) is 3.05. The molecule has 0 bridgehead atoms. The van der Waals surface area contributed by atoms with Crippen LogP contribution in [0.2, 0.25) is 0 Å². The van der Waals surface area contributed by atoms with Gasteiger partial charge in [-0.2, -0.15) is 12.6 Å². The molecule has 1 aliphatic carbocycles. The molecule has 0 heterocycles. The van der Waals surface area contributed by atoms with Crippen LogP contribution < -0.4 is 0 Å². The van der Waals surface area contributed by atoms with E-state index in [4.69, 9.17) is 0 Å². The summed E-state index contributed by atoms with van der Waals surface area (Å²) in [4.78, 5) is 23.7. The molecule has 2 unspecified atom stereocenters. The predicted molar refractivity (Wildman–Crippen MR) is 59.5 cm³/mol. The van der Waals surface area contributed by atoms with E-state index in [0.29, 0.717) is 18.6 Å². The maximum absolute atomic E-state index is 11.9. The Labute approximate surface area is 90.9 Å². The van der Waals surface area contributed by atoms with Gasteiger partial charge in [-0.15, -0.1) is 0 Å². The molecule has 0 N–H and O–H groups in total. The van der Waals surface area contributed by atoms with Crippen molar-refractivity contribution in [2.24, 2.45) is 17.3 Å². The lowest BCUT2D eigenvalue weighted by Crippen LogP contribution is -2.45. The lowest BCUT2D eigenvalue weighted by atomic mass is 9.65. The van der Waals surface area contributed by atoms with Gasteiger partial charge >= 0.3 is 0 Å². The average Bonchev–Trinajstić information content (AvgIpc) is 2.09. The van der Waals surface area contributed by atoms with Crippen LogP contribution in [-0.2, 0) is 9.59 Å². The number of Topliss-reactive ketones (excluding diaryl/α,β-unsaturated/α-hetero) is 2. The first-order chi connectivity index (χ1) is 6.40. The molecule has 1 saturated carbocycles. The standard InChI is InChI=1S/C11H18O2S/c1-7-6-11(2,3)10(13)8(4-5-14)9(7)12/h7-8,14H,4-6H2,1-3H3. The number of carbonyl (C=O) groups is 2. The molecule has 0 aromatic rings. The summed E-state index contributed by atoms with van der Waals surface area (Å²) >= 11 is 4.09. The van der Waals surface area contributed by atoms with E-state index in [0.717, 1.165) is 0 Å². The molecule has 0 aromatic carbocycles. The summed E-state index contributed by atoms with van der Waals surface area (Å²) in [6, 6.07) is 0. The van der Waals surface area contributed by atoms with Crippen molar-refractivity contribution in [1.29, 1.82) is 0 Å². The molecule has 0 radical (unpaired) electrons. The summed E-state index contributed by atoms with van der Waals surface area (Å²) in [5.41, 5.74) is -0.332. The molecular weight excluding hydrogens is 196 g/mol. The average molecular weight is 214 g/mol. The molecule has 3 heteroatoms. The topological polar surface area (TPSA) is 34.1 Å². The van der Waals surface area contributed by atoms with Crippen molar-refractivity contribution in [2.75, 3.05) is 5.75 Å². The van der Waals surface area contributed by atoms with Gasteiger partial charge in [0.2, 0.25) is 0 Å². The molecule has 1 fully saturated rings. The third kappa shape index (κ3) is 2.02. The molecular formula is C11H18O2S. The highest BCUT2D eigenvalue weighted by Crippen LogP contribution is 2.37. The van der Waals surface area contributed by atoms with Gasteiger partial charge in [0.1, 0.15) is 11.6 Å². The molecule has 0 aliphatic heterocycles. The summed E-state index contributed by atoms with van der Waals surface area (Å²) in [7, 11) is 0. The first kappa shape index (κ1) is 11.8. The highest BCUT2D eigenvalue weighted by Gasteiger charge is 2.44. The van der Waals surface area contributed by atoms with Crippen LogP contribution in [0.3, 0.4) is 0 Å². The van der Waals surface area contributed by atoms with Crippen LogP contribution in [0.15, 0.2) is 0 Å². The van der Waals surface area contributed by atoms with Crippen LogP contribution in [0, 0.1) is 17.3 Å². The molecule has 0 saturated heterocycles. The first-order valence-electron chi connectivity index (χ1n) is 5.09. The highest BCUT2D eigenvalue weighted by atomic mass is 32.1. The van der Waals surface area contributed by atoms with Crippen LogP contribution in [0.5, 0.6) is 0 Å². The quantitative estimate of drug-likeness (QED) is 0.564. The number of hydrogen-bond donors (Lipinski definition) is 1. The van der Waals surface area contributed by atoms with Gasteiger partial charge in [-0.05, 0) is 18.6 Å². The minimum Gasteiger partial charge on any atom is -0.299 e. The van der Waals surface area contributed by atoms with Gasteiger partial charge in [0.25, 0.3) is 0 Å². The Kier molecular flexibility index (Phi) is 3.40. The van der Waals surface area contributed by atoms with E-state index >= 15 is 0 Å². The summed E-state index contributed by atoms with van der Waals surface area (Å²) in [5, 5.41) is 0. The molecule has 1 aliphatic rings. The Bertz CT molecular complexity index is 258. The Morgan fingerprint density at radius 1 is 1.43 bits per heavy atom. The van der Waals surface area contributed by atoms with Gasteiger partial charge in [0.15, 0.2) is 0 Å². The van der Waals surface area contributed by atoms with Crippen molar-refractivity contribution in [3.8, 4) is 0 Å². The smallest absolute Gasteiger partial charge is 0.148 e. The zero-order valence-electron chi connectivity index (χ0n) is 9.04. The Balaban J connectivity index is 2.90. The summed E-state index contributed by atoms with van der Waals surface area (Å²) in [6.45, 7) is 5.79. The first-order valence-corrected chi connectivity index (χ1v) is 5.72. The maximum atomic E-state index is 11.9. The molecule has 0 spiro atoms. The van der Waals surface area contributed by atoms with Crippen molar-refractivity contribution in [1.82, 2.24) is 0 Å². The molecule has 0 aromatic heterocycles. The lowest BCUT2D eigenvalue weighted by molar-refractivity contribution is -0.146. The van der Waals surface area contributed by atoms with Crippen LogP contribution in [-0.4, -0.2) is 17.3 Å². The number of ketones is 2. The van der Waals surface area contributed by atoms with Gasteiger partial charge in [-0.25, -0.2) is 0 Å². The van der Waals surface area contributed by atoms with Crippen molar-refractivity contribution < 1.29 is 9.59 Å². The second kappa shape index (κ2) is 4.05. The van der Waals surface area contributed by atoms with Crippen LogP contribution in [0.1, 0.15) is 33.6 Å². The molecule has 14 heavy (non-hydrogen) atoms. The van der Waals surface area contributed by atoms with Gasteiger partial charge < -0.3 is 0 Å². The zero-order chi connectivity index (χ0) is 10.9. The van der Waals surface area contributed by atoms with Gasteiger partial charge in [0, 0.05) is 11.3 Å². The minimum absolute atomic E-state index is 0.0209. The fourth-order valence-corrected chi connectivity index (χ4v) is 2.57. The monoisotopic (exact) mass is 214 g/mol. The van der Waals surface area contributed by atoms with E-state index in [1.165, 1.54) is 0 Å². The minimum atomic E-state index is -0.397. The van der Waals surface area contributed by atoms with Crippen LogP contribution in [0.4, 0.5) is 0 Å². The summed E-state index contributed by atoms with van der Waals surface area (Å²) in [6.07, 6.45) is 1.28. The van der Waals surface area contributed by atoms with Crippen molar-refractivity contribution in [3.63, 3.8) is 0 Å². The van der Waals surface area contributed by atoms with Crippen molar-refractivity contribution >= 4 is 24.2 Å². The Morgan fingerprint density at radius 2 is 2.00 bits per heavy atom. The number of rotatable bonds is 2. The fourth-order valence-electron chi connectivity index (χ4n) is 2.31. The Morgan fingerprint density at radius 3 is 2.50 bits per heavy atom.